The summed E-state index contributed by atoms with van der Waals surface area (Å²) in [7, 11) is 0. The van der Waals surface area contributed by atoms with Gasteiger partial charge in [-0.15, -0.1) is 0 Å². The van der Waals surface area contributed by atoms with Crippen LogP contribution in [0.15, 0.2) is 0 Å². The van der Waals surface area contributed by atoms with Gasteiger partial charge in [-0.05, 0) is 12.8 Å². The number of nitrogens with zero attached hydrogens (tertiary/aromatic N) is 1. The van der Waals surface area contributed by atoms with Gasteiger partial charge < -0.3 is 4.90 Å². The summed E-state index contributed by atoms with van der Waals surface area (Å²) in [6, 6.07) is 0. The van der Waals surface area contributed by atoms with Crippen molar-refractivity contribution >= 4 is 5.91 Å². The SMILES string of the molecule is CCCC1(CCC)CN(C(C)=O)C1. The van der Waals surface area contributed by atoms with E-state index in [0.29, 0.717) is 5.41 Å². The number of rotatable bonds is 4. The van der Waals surface area contributed by atoms with Crippen LogP contribution in [0.3, 0.4) is 0 Å². The lowest BCUT2D eigenvalue weighted by atomic mass is 9.72. The Kier molecular flexibility index (Phi) is 3.34. The zero-order chi connectivity index (χ0) is 9.90. The zero-order valence-electron chi connectivity index (χ0n) is 9.10. The van der Waals surface area contributed by atoms with Crippen molar-refractivity contribution in [1.29, 1.82) is 0 Å². The first-order chi connectivity index (χ1) is 6.13. The fourth-order valence-electron chi connectivity index (χ4n) is 2.49. The van der Waals surface area contributed by atoms with Gasteiger partial charge in [-0.2, -0.15) is 0 Å². The van der Waals surface area contributed by atoms with Gasteiger partial charge in [0.05, 0.1) is 0 Å². The standard InChI is InChI=1S/C11H21NO/c1-4-6-11(7-5-2)8-12(9-11)10(3)13/h4-9H2,1-3H3. The van der Waals surface area contributed by atoms with Gasteiger partial charge in [0.15, 0.2) is 0 Å². The Hall–Kier alpha value is -0.530. The van der Waals surface area contributed by atoms with E-state index < -0.39 is 0 Å². The Balaban J connectivity index is 2.42. The van der Waals surface area contributed by atoms with Crippen LogP contribution in [0.5, 0.6) is 0 Å². The Bertz CT molecular complexity index is 175. The molecule has 13 heavy (non-hydrogen) atoms. The molecule has 0 N–H and O–H groups in total. The van der Waals surface area contributed by atoms with E-state index in [2.05, 4.69) is 13.8 Å². The van der Waals surface area contributed by atoms with E-state index in [1.54, 1.807) is 6.92 Å². The zero-order valence-corrected chi connectivity index (χ0v) is 9.10. The highest BCUT2D eigenvalue weighted by Crippen LogP contribution is 2.39. The van der Waals surface area contributed by atoms with Crippen molar-refractivity contribution in [3.05, 3.63) is 0 Å². The molecule has 0 aromatic heterocycles. The van der Waals surface area contributed by atoms with Crippen molar-refractivity contribution in [2.24, 2.45) is 5.41 Å². The Morgan fingerprint density at radius 2 is 1.69 bits per heavy atom. The quantitative estimate of drug-likeness (QED) is 0.655. The van der Waals surface area contributed by atoms with E-state index in [1.807, 2.05) is 4.90 Å². The van der Waals surface area contributed by atoms with Crippen LogP contribution in [0.4, 0.5) is 0 Å². The Labute approximate surface area is 81.3 Å². The molecule has 1 heterocycles. The third kappa shape index (κ3) is 2.23. The Morgan fingerprint density at radius 1 is 1.23 bits per heavy atom. The van der Waals surface area contributed by atoms with Crippen molar-refractivity contribution in [2.45, 2.75) is 46.5 Å². The summed E-state index contributed by atoms with van der Waals surface area (Å²) < 4.78 is 0. The molecule has 0 atom stereocenters. The van der Waals surface area contributed by atoms with Crippen LogP contribution in [0.1, 0.15) is 46.5 Å². The molecule has 0 radical (unpaired) electrons. The average molecular weight is 183 g/mol. The molecule has 0 aromatic rings. The van der Waals surface area contributed by atoms with Crippen LogP contribution in [-0.4, -0.2) is 23.9 Å². The van der Waals surface area contributed by atoms with Crippen molar-refractivity contribution in [3.8, 4) is 0 Å². The van der Waals surface area contributed by atoms with Crippen molar-refractivity contribution in [3.63, 3.8) is 0 Å². The lowest BCUT2D eigenvalue weighted by Crippen LogP contribution is -2.57. The summed E-state index contributed by atoms with van der Waals surface area (Å²) in [4.78, 5) is 13.0. The third-order valence-electron chi connectivity index (χ3n) is 3.06. The fraction of sp³-hybridized carbons (Fsp3) is 0.909. The van der Waals surface area contributed by atoms with Gasteiger partial charge >= 0.3 is 0 Å². The van der Waals surface area contributed by atoms with Crippen LogP contribution in [0.25, 0.3) is 0 Å². The molecule has 0 spiro atoms. The molecule has 1 rings (SSSR count). The normalized spacial score (nSPS) is 19.8. The maximum atomic E-state index is 11.0. The van der Waals surface area contributed by atoms with E-state index in [1.165, 1.54) is 25.7 Å². The first-order valence-electron chi connectivity index (χ1n) is 5.39. The van der Waals surface area contributed by atoms with Crippen LogP contribution in [-0.2, 0) is 4.79 Å². The average Bonchev–Trinajstić information content (AvgIpc) is 1.99. The minimum Gasteiger partial charge on any atom is -0.342 e. The molecule has 2 heteroatoms. The largest absolute Gasteiger partial charge is 0.342 e. The molecule has 0 aromatic carbocycles. The number of hydrogen-bond acceptors (Lipinski definition) is 1. The highest BCUT2D eigenvalue weighted by molar-refractivity contribution is 5.74. The molecule has 76 valence electrons. The molecule has 0 bridgehead atoms. The van der Waals surface area contributed by atoms with Gasteiger partial charge in [-0.1, -0.05) is 26.7 Å². The predicted octanol–water partition coefficient (Wildman–Crippen LogP) is 2.44. The minimum atomic E-state index is 0.239. The molecule has 1 saturated heterocycles. The predicted molar refractivity (Wildman–Crippen MR) is 54.5 cm³/mol. The summed E-state index contributed by atoms with van der Waals surface area (Å²) in [6.07, 6.45) is 5.05. The topological polar surface area (TPSA) is 20.3 Å². The molecule has 0 unspecified atom stereocenters. The van der Waals surface area contributed by atoms with Crippen molar-refractivity contribution in [1.82, 2.24) is 4.90 Å². The molecule has 2 nitrogen and oxygen atoms in total. The van der Waals surface area contributed by atoms with Crippen LogP contribution in [0, 0.1) is 5.41 Å². The molecule has 1 amide bonds. The fourth-order valence-corrected chi connectivity index (χ4v) is 2.49. The minimum absolute atomic E-state index is 0.239. The molecule has 0 saturated carbocycles. The summed E-state index contributed by atoms with van der Waals surface area (Å²) >= 11 is 0. The first-order valence-corrected chi connectivity index (χ1v) is 5.39. The second kappa shape index (κ2) is 4.12. The summed E-state index contributed by atoms with van der Waals surface area (Å²) in [5.74, 6) is 0.239. The molecular formula is C11H21NO. The first kappa shape index (κ1) is 10.6. The number of carbonyl (C=O) groups is 1. The van der Waals surface area contributed by atoms with Crippen molar-refractivity contribution in [2.75, 3.05) is 13.1 Å². The summed E-state index contributed by atoms with van der Waals surface area (Å²) in [5.41, 5.74) is 0.481. The third-order valence-corrected chi connectivity index (χ3v) is 3.06. The number of hydrogen-bond donors (Lipinski definition) is 0. The van der Waals surface area contributed by atoms with E-state index in [0.717, 1.165) is 13.1 Å². The van der Waals surface area contributed by atoms with Gasteiger partial charge in [0.25, 0.3) is 0 Å². The van der Waals surface area contributed by atoms with E-state index in [9.17, 15) is 4.79 Å². The lowest BCUT2D eigenvalue weighted by molar-refractivity contribution is -0.142. The maximum absolute atomic E-state index is 11.0. The Morgan fingerprint density at radius 3 is 2.00 bits per heavy atom. The second-order valence-corrected chi connectivity index (χ2v) is 4.38. The lowest BCUT2D eigenvalue weighted by Gasteiger charge is -2.50. The highest BCUT2D eigenvalue weighted by atomic mass is 16.2. The highest BCUT2D eigenvalue weighted by Gasteiger charge is 2.42. The monoisotopic (exact) mass is 183 g/mol. The van der Waals surface area contributed by atoms with E-state index in [-0.39, 0.29) is 5.91 Å². The molecule has 1 aliphatic heterocycles. The van der Waals surface area contributed by atoms with E-state index >= 15 is 0 Å². The van der Waals surface area contributed by atoms with Gasteiger partial charge in [0.1, 0.15) is 0 Å². The summed E-state index contributed by atoms with van der Waals surface area (Å²) in [6.45, 7) is 8.14. The van der Waals surface area contributed by atoms with Gasteiger partial charge in [0.2, 0.25) is 5.91 Å². The molecule has 1 fully saturated rings. The van der Waals surface area contributed by atoms with Crippen molar-refractivity contribution < 1.29 is 4.79 Å². The van der Waals surface area contributed by atoms with Crippen LogP contribution >= 0.6 is 0 Å². The summed E-state index contributed by atoms with van der Waals surface area (Å²) in [5, 5.41) is 0. The number of amides is 1. The van der Waals surface area contributed by atoms with Crippen LogP contribution < -0.4 is 0 Å². The number of likely N-dealkylation sites (tertiary alicyclic amines) is 1. The second-order valence-electron chi connectivity index (χ2n) is 4.38. The maximum Gasteiger partial charge on any atom is 0.219 e. The smallest absolute Gasteiger partial charge is 0.219 e. The molecule has 1 aliphatic rings. The molecule has 0 aliphatic carbocycles. The van der Waals surface area contributed by atoms with Gasteiger partial charge in [0, 0.05) is 25.4 Å². The van der Waals surface area contributed by atoms with Gasteiger partial charge in [-0.25, -0.2) is 0 Å². The number of carbonyl (C=O) groups excluding carboxylic acids is 1. The van der Waals surface area contributed by atoms with E-state index in [4.69, 9.17) is 0 Å². The van der Waals surface area contributed by atoms with Crippen LogP contribution in [0.2, 0.25) is 0 Å². The molecular weight excluding hydrogens is 162 g/mol. The van der Waals surface area contributed by atoms with Gasteiger partial charge in [-0.3, -0.25) is 4.79 Å².